The van der Waals surface area contributed by atoms with Crippen molar-refractivity contribution < 1.29 is 9.90 Å². The molecular formula is C14H26N2O2. The lowest BCUT2D eigenvalue weighted by molar-refractivity contribution is -0.145. The van der Waals surface area contributed by atoms with Crippen LogP contribution in [0.15, 0.2) is 0 Å². The lowest BCUT2D eigenvalue weighted by Gasteiger charge is -2.33. The van der Waals surface area contributed by atoms with Crippen LogP contribution in [0.25, 0.3) is 0 Å². The van der Waals surface area contributed by atoms with Gasteiger partial charge in [0, 0.05) is 25.7 Å². The summed E-state index contributed by atoms with van der Waals surface area (Å²) in [7, 11) is 0. The maximum absolute atomic E-state index is 11.5. The van der Waals surface area contributed by atoms with Crippen LogP contribution >= 0.6 is 0 Å². The summed E-state index contributed by atoms with van der Waals surface area (Å²) >= 11 is 0. The summed E-state index contributed by atoms with van der Waals surface area (Å²) in [6.45, 7) is 8.61. The Morgan fingerprint density at radius 2 is 1.94 bits per heavy atom. The summed E-state index contributed by atoms with van der Waals surface area (Å²) in [6, 6.07) is 0.188. The molecule has 1 aliphatic heterocycles. The van der Waals surface area contributed by atoms with Gasteiger partial charge in [0.15, 0.2) is 0 Å². The molecule has 2 aliphatic rings. The highest BCUT2D eigenvalue weighted by Gasteiger charge is 2.41. The topological polar surface area (TPSA) is 52.6 Å². The molecular weight excluding hydrogens is 228 g/mol. The van der Waals surface area contributed by atoms with Gasteiger partial charge in [0.05, 0.1) is 0 Å². The Hall–Kier alpha value is -0.610. The van der Waals surface area contributed by atoms with E-state index in [1.54, 1.807) is 0 Å². The molecule has 0 spiro atoms. The highest BCUT2D eigenvalue weighted by atomic mass is 16.4. The number of nitrogens with one attached hydrogen (secondary N) is 1. The molecule has 1 saturated heterocycles. The van der Waals surface area contributed by atoms with Gasteiger partial charge in [-0.05, 0) is 45.4 Å². The number of nitrogens with zero attached hydrogens (tertiary/aromatic N) is 1. The van der Waals surface area contributed by atoms with Gasteiger partial charge in [-0.1, -0.05) is 6.42 Å². The number of aliphatic carboxylic acids is 1. The van der Waals surface area contributed by atoms with Crippen LogP contribution in [0.3, 0.4) is 0 Å². The lowest BCUT2D eigenvalue weighted by Crippen LogP contribution is -2.58. The monoisotopic (exact) mass is 254 g/mol. The van der Waals surface area contributed by atoms with Gasteiger partial charge < -0.3 is 10.0 Å². The van der Waals surface area contributed by atoms with E-state index >= 15 is 0 Å². The van der Waals surface area contributed by atoms with Gasteiger partial charge in [-0.25, -0.2) is 0 Å². The number of carboxylic acids is 1. The first kappa shape index (κ1) is 13.8. The van der Waals surface area contributed by atoms with Crippen molar-refractivity contribution in [1.29, 1.82) is 0 Å². The SMILES string of the molecule is CC(C)NC(C)(CN1CC2CCCC2C1)C(=O)O. The molecule has 4 heteroatoms. The molecule has 2 fully saturated rings. The van der Waals surface area contributed by atoms with Gasteiger partial charge in [-0.2, -0.15) is 0 Å². The Morgan fingerprint density at radius 3 is 2.39 bits per heavy atom. The molecule has 18 heavy (non-hydrogen) atoms. The first-order valence-electron chi connectivity index (χ1n) is 7.14. The number of carboxylic acid groups (broad SMARTS) is 1. The largest absolute Gasteiger partial charge is 0.480 e. The minimum atomic E-state index is -0.827. The van der Waals surface area contributed by atoms with Crippen molar-refractivity contribution in [2.24, 2.45) is 11.8 Å². The first-order chi connectivity index (χ1) is 8.40. The van der Waals surface area contributed by atoms with Gasteiger partial charge >= 0.3 is 5.97 Å². The van der Waals surface area contributed by atoms with Gasteiger partial charge in [0.2, 0.25) is 0 Å². The normalized spacial score (nSPS) is 31.6. The predicted molar refractivity (Wildman–Crippen MR) is 71.6 cm³/mol. The molecule has 1 heterocycles. The molecule has 0 aromatic rings. The van der Waals surface area contributed by atoms with Crippen molar-refractivity contribution in [3.63, 3.8) is 0 Å². The third-order valence-corrected chi connectivity index (χ3v) is 4.42. The van der Waals surface area contributed by atoms with Crippen LogP contribution in [0.5, 0.6) is 0 Å². The van der Waals surface area contributed by atoms with Crippen LogP contribution in [0, 0.1) is 11.8 Å². The van der Waals surface area contributed by atoms with Crippen LogP contribution < -0.4 is 5.32 Å². The summed E-state index contributed by atoms with van der Waals surface area (Å²) in [6.07, 6.45) is 4.04. The fourth-order valence-corrected chi connectivity index (χ4v) is 3.72. The summed E-state index contributed by atoms with van der Waals surface area (Å²) in [4.78, 5) is 13.8. The van der Waals surface area contributed by atoms with E-state index in [1.165, 1.54) is 19.3 Å². The molecule has 0 aromatic carbocycles. The van der Waals surface area contributed by atoms with E-state index in [2.05, 4.69) is 10.2 Å². The van der Waals surface area contributed by atoms with Crippen LogP contribution in [0.2, 0.25) is 0 Å². The average Bonchev–Trinajstić information content (AvgIpc) is 2.75. The van der Waals surface area contributed by atoms with Crippen LogP contribution in [-0.4, -0.2) is 47.2 Å². The Kier molecular flexibility index (Phi) is 3.97. The van der Waals surface area contributed by atoms with E-state index in [9.17, 15) is 9.90 Å². The zero-order valence-corrected chi connectivity index (χ0v) is 11.8. The first-order valence-corrected chi connectivity index (χ1v) is 7.14. The van der Waals surface area contributed by atoms with Gasteiger partial charge in [-0.15, -0.1) is 0 Å². The fraction of sp³-hybridized carbons (Fsp3) is 0.929. The van der Waals surface area contributed by atoms with Crippen molar-refractivity contribution in [2.75, 3.05) is 19.6 Å². The molecule has 0 aromatic heterocycles. The molecule has 104 valence electrons. The average molecular weight is 254 g/mol. The van der Waals surface area contributed by atoms with E-state index in [4.69, 9.17) is 0 Å². The Balaban J connectivity index is 1.95. The van der Waals surface area contributed by atoms with Crippen molar-refractivity contribution in [2.45, 2.75) is 51.6 Å². The zero-order valence-electron chi connectivity index (χ0n) is 11.8. The zero-order chi connectivity index (χ0) is 13.3. The second-order valence-corrected chi connectivity index (χ2v) is 6.58. The van der Waals surface area contributed by atoms with Gasteiger partial charge in [0.1, 0.15) is 5.54 Å². The molecule has 3 atom stereocenters. The molecule has 1 saturated carbocycles. The van der Waals surface area contributed by atoms with Crippen LogP contribution in [-0.2, 0) is 4.79 Å². The van der Waals surface area contributed by atoms with Gasteiger partial charge in [-0.3, -0.25) is 10.1 Å². The van der Waals surface area contributed by atoms with Crippen molar-refractivity contribution in [1.82, 2.24) is 10.2 Å². The third kappa shape index (κ3) is 2.86. The number of hydrogen-bond acceptors (Lipinski definition) is 3. The van der Waals surface area contributed by atoms with E-state index in [0.29, 0.717) is 6.54 Å². The molecule has 3 unspecified atom stereocenters. The minimum Gasteiger partial charge on any atom is -0.480 e. The minimum absolute atomic E-state index is 0.188. The molecule has 0 radical (unpaired) electrons. The molecule has 4 nitrogen and oxygen atoms in total. The van der Waals surface area contributed by atoms with E-state index in [-0.39, 0.29) is 6.04 Å². The van der Waals surface area contributed by atoms with E-state index in [0.717, 1.165) is 24.9 Å². The van der Waals surface area contributed by atoms with Crippen molar-refractivity contribution in [3.05, 3.63) is 0 Å². The summed E-state index contributed by atoms with van der Waals surface area (Å²) in [5.74, 6) is 0.900. The number of hydrogen-bond donors (Lipinski definition) is 2. The Morgan fingerprint density at radius 1 is 1.39 bits per heavy atom. The van der Waals surface area contributed by atoms with E-state index in [1.807, 2.05) is 20.8 Å². The van der Waals surface area contributed by atoms with Crippen molar-refractivity contribution >= 4 is 5.97 Å². The number of likely N-dealkylation sites (tertiary alicyclic amines) is 1. The quantitative estimate of drug-likeness (QED) is 0.782. The maximum atomic E-state index is 11.5. The van der Waals surface area contributed by atoms with Crippen molar-refractivity contribution in [3.8, 4) is 0 Å². The highest BCUT2D eigenvalue weighted by molar-refractivity contribution is 5.78. The summed E-state index contributed by atoms with van der Waals surface area (Å²) < 4.78 is 0. The Labute approximate surface area is 110 Å². The fourth-order valence-electron chi connectivity index (χ4n) is 3.72. The number of carbonyl (C=O) groups is 1. The molecule has 0 bridgehead atoms. The Bertz CT molecular complexity index is 307. The summed E-state index contributed by atoms with van der Waals surface area (Å²) in [5.41, 5.74) is -0.827. The summed E-state index contributed by atoms with van der Waals surface area (Å²) in [5, 5.41) is 12.7. The van der Waals surface area contributed by atoms with Crippen LogP contribution in [0.1, 0.15) is 40.0 Å². The molecule has 2 rings (SSSR count). The molecule has 1 aliphatic carbocycles. The number of fused-ring (bicyclic) bond motifs is 1. The lowest BCUT2D eigenvalue weighted by atomic mass is 10.0. The van der Waals surface area contributed by atoms with E-state index < -0.39 is 11.5 Å². The van der Waals surface area contributed by atoms with Gasteiger partial charge in [0.25, 0.3) is 0 Å². The molecule has 0 amide bonds. The molecule has 2 N–H and O–H groups in total. The van der Waals surface area contributed by atoms with Crippen LogP contribution in [0.4, 0.5) is 0 Å². The maximum Gasteiger partial charge on any atom is 0.324 e. The highest BCUT2D eigenvalue weighted by Crippen LogP contribution is 2.38. The standard InChI is InChI=1S/C14H26N2O2/c1-10(2)15-14(3,13(17)18)9-16-7-11-5-4-6-12(11)8-16/h10-12,15H,4-9H2,1-3H3,(H,17,18). The smallest absolute Gasteiger partial charge is 0.324 e. The second-order valence-electron chi connectivity index (χ2n) is 6.58. The predicted octanol–water partition coefficient (Wildman–Crippen LogP) is 1.56. The second kappa shape index (κ2) is 5.17. The number of rotatable bonds is 5. The third-order valence-electron chi connectivity index (χ3n) is 4.42.